The minimum Gasteiger partial charge on any atom is -0.457 e. The molecule has 1 atom stereocenters. The van der Waals surface area contributed by atoms with Gasteiger partial charge in [0.1, 0.15) is 6.10 Å². The van der Waals surface area contributed by atoms with Crippen LogP contribution in [0.15, 0.2) is 0 Å². The second-order valence-electron chi connectivity index (χ2n) is 19.3. The zero-order valence-corrected chi connectivity index (χ0v) is 42.7. The van der Waals surface area contributed by atoms with Crippen LogP contribution >= 0.6 is 7.82 Å². The second-order valence-corrected chi connectivity index (χ2v) is 20.5. The summed E-state index contributed by atoms with van der Waals surface area (Å²) in [5.74, 6) is -0.353. The molecule has 0 rings (SSSR count). The number of hydrogen-bond donors (Lipinski definition) is 2. The fourth-order valence-corrected chi connectivity index (χ4v) is 9.16. The molecule has 0 fully saturated rings. The third kappa shape index (κ3) is 53.9. The molecule has 2 N–H and O–H groups in total. The van der Waals surface area contributed by atoms with E-state index in [0.717, 1.165) is 32.1 Å². The first kappa shape index (κ1) is 61.5. The Kier molecular flexibility index (Phi) is 51.1. The van der Waals surface area contributed by atoms with E-state index in [1.54, 1.807) is 0 Å². The predicted molar refractivity (Wildman–Crippen MR) is 267 cm³/mol. The fraction of sp³-hybridized carbons (Fsp3) is 0.981. The number of unbranched alkanes of at least 4 members (excludes halogenated alkanes) is 44. The van der Waals surface area contributed by atoms with E-state index in [-0.39, 0.29) is 19.2 Å². The molecule has 62 heavy (non-hydrogen) atoms. The molecule has 0 amide bonds. The van der Waals surface area contributed by atoms with Gasteiger partial charge in [-0.05, 0) is 12.8 Å². The van der Waals surface area contributed by atoms with E-state index in [9.17, 15) is 9.36 Å². The van der Waals surface area contributed by atoms with Gasteiger partial charge < -0.3 is 19.3 Å². The zero-order chi connectivity index (χ0) is 45.1. The molecule has 0 aliphatic heterocycles. The van der Waals surface area contributed by atoms with E-state index >= 15 is 0 Å². The first-order chi connectivity index (χ1) is 30.4. The van der Waals surface area contributed by atoms with E-state index < -0.39 is 13.9 Å². The summed E-state index contributed by atoms with van der Waals surface area (Å²) in [5, 5.41) is 0. The Balaban J connectivity index is 3.50. The van der Waals surface area contributed by atoms with Crippen LogP contribution in [0.4, 0.5) is 0 Å². The molecule has 7 nitrogen and oxygen atoms in total. The Morgan fingerprint density at radius 3 is 0.871 bits per heavy atom. The van der Waals surface area contributed by atoms with Crippen LogP contribution < -0.4 is 0 Å². The lowest BCUT2D eigenvalue weighted by molar-refractivity contribution is -0.154. The van der Waals surface area contributed by atoms with Crippen LogP contribution in [-0.2, 0) is 23.4 Å². The van der Waals surface area contributed by atoms with Crippen LogP contribution in [0, 0.1) is 0 Å². The maximum absolute atomic E-state index is 12.5. The van der Waals surface area contributed by atoms with Crippen LogP contribution in [0.1, 0.15) is 316 Å². The van der Waals surface area contributed by atoms with Crippen molar-refractivity contribution in [3.05, 3.63) is 0 Å². The summed E-state index contributed by atoms with van der Waals surface area (Å²) in [6, 6.07) is 0. The van der Waals surface area contributed by atoms with Gasteiger partial charge in [0.15, 0.2) is 0 Å². The van der Waals surface area contributed by atoms with Gasteiger partial charge in [-0.2, -0.15) is 0 Å². The molecule has 0 heterocycles. The van der Waals surface area contributed by atoms with Crippen molar-refractivity contribution in [3.63, 3.8) is 0 Å². The minimum atomic E-state index is -4.65. The molecule has 0 radical (unpaired) electrons. The number of rotatable bonds is 54. The summed E-state index contributed by atoms with van der Waals surface area (Å²) in [4.78, 5) is 30.7. The van der Waals surface area contributed by atoms with Crippen molar-refractivity contribution in [2.45, 2.75) is 322 Å². The summed E-state index contributed by atoms with van der Waals surface area (Å²) < 4.78 is 27.1. The summed E-state index contributed by atoms with van der Waals surface area (Å²) in [5.41, 5.74) is 0. The number of phosphoric acid groups is 1. The number of hydrogen-bond acceptors (Lipinski definition) is 5. The van der Waals surface area contributed by atoms with Crippen molar-refractivity contribution in [1.29, 1.82) is 0 Å². The van der Waals surface area contributed by atoms with Gasteiger partial charge >= 0.3 is 13.8 Å². The lowest BCUT2D eigenvalue weighted by Crippen LogP contribution is -2.28. The van der Waals surface area contributed by atoms with E-state index in [4.69, 9.17) is 19.3 Å². The Morgan fingerprint density at radius 2 is 0.613 bits per heavy atom. The molecule has 0 saturated carbocycles. The molecule has 372 valence electrons. The van der Waals surface area contributed by atoms with Gasteiger partial charge in [-0.3, -0.25) is 9.32 Å². The zero-order valence-electron chi connectivity index (χ0n) is 41.8. The SMILES string of the molecule is CCCCCCCCCCCCCCCCCCCCCCCCCCCCCCCCCCCCC(=O)O[C@H](COCCCCCCCCCCCCCC)COP(=O)(O)O. The highest BCUT2D eigenvalue weighted by molar-refractivity contribution is 7.46. The van der Waals surface area contributed by atoms with Crippen molar-refractivity contribution in [3.8, 4) is 0 Å². The standard InChI is InChI=1S/C54H109O7P/c1-3-5-7-9-11-13-15-17-18-19-20-21-22-23-24-25-26-27-28-29-30-31-32-33-34-35-36-37-38-39-41-43-45-47-49-54(55)61-53(52-60-62(56,57)58)51-59-50-48-46-44-42-40-16-14-12-10-8-6-4-2/h53H,3-52H2,1-2H3,(H2,56,57,58)/t53-/m1/s1. The molecule has 0 spiro atoms. The van der Waals surface area contributed by atoms with Crippen LogP contribution in [-0.4, -0.2) is 41.7 Å². The quantitative estimate of drug-likeness (QED) is 0.0356. The van der Waals surface area contributed by atoms with Gasteiger partial charge in [0, 0.05) is 13.0 Å². The number of carbonyl (C=O) groups excluding carboxylic acids is 1. The highest BCUT2D eigenvalue weighted by Crippen LogP contribution is 2.36. The Bertz CT molecular complexity index is 911. The van der Waals surface area contributed by atoms with Crippen molar-refractivity contribution in [2.75, 3.05) is 19.8 Å². The van der Waals surface area contributed by atoms with E-state index in [2.05, 4.69) is 18.4 Å². The first-order valence-electron chi connectivity index (χ1n) is 27.9. The van der Waals surface area contributed by atoms with Crippen molar-refractivity contribution >= 4 is 13.8 Å². The smallest absolute Gasteiger partial charge is 0.457 e. The fourth-order valence-electron chi connectivity index (χ4n) is 8.80. The normalized spacial score (nSPS) is 12.4. The number of carbonyl (C=O) groups is 1. The first-order valence-corrected chi connectivity index (χ1v) is 29.4. The molecule has 0 aromatic carbocycles. The summed E-state index contributed by atoms with van der Waals surface area (Å²) >= 11 is 0. The Labute approximate surface area is 387 Å². The van der Waals surface area contributed by atoms with Crippen molar-refractivity contribution in [1.82, 2.24) is 0 Å². The summed E-state index contributed by atoms with van der Waals surface area (Å²) in [6.45, 7) is 4.82. The third-order valence-electron chi connectivity index (χ3n) is 12.9. The van der Waals surface area contributed by atoms with Crippen LogP contribution in [0.5, 0.6) is 0 Å². The summed E-state index contributed by atoms with van der Waals surface area (Å²) in [6.07, 6.45) is 61.6. The average molecular weight is 901 g/mol. The van der Waals surface area contributed by atoms with Crippen molar-refractivity contribution in [2.24, 2.45) is 0 Å². The van der Waals surface area contributed by atoms with Gasteiger partial charge in [0.25, 0.3) is 0 Å². The number of ether oxygens (including phenoxy) is 2. The number of esters is 1. The molecular formula is C54H109O7P. The van der Waals surface area contributed by atoms with Crippen LogP contribution in [0.3, 0.4) is 0 Å². The average Bonchev–Trinajstić information content (AvgIpc) is 3.25. The topological polar surface area (TPSA) is 102 Å². The lowest BCUT2D eigenvalue weighted by atomic mass is 10.0. The predicted octanol–water partition coefficient (Wildman–Crippen LogP) is 18.4. The Hall–Kier alpha value is -0.460. The molecule has 0 aliphatic rings. The van der Waals surface area contributed by atoms with Crippen molar-refractivity contribution < 1.29 is 33.1 Å². The molecular weight excluding hydrogens is 792 g/mol. The molecule has 8 heteroatoms. The van der Waals surface area contributed by atoms with Gasteiger partial charge in [-0.1, -0.05) is 296 Å². The molecule has 0 aromatic rings. The maximum atomic E-state index is 12.5. The third-order valence-corrected chi connectivity index (χ3v) is 13.4. The van der Waals surface area contributed by atoms with Gasteiger partial charge in [-0.15, -0.1) is 0 Å². The van der Waals surface area contributed by atoms with Gasteiger partial charge in [0.05, 0.1) is 13.2 Å². The van der Waals surface area contributed by atoms with Crippen LogP contribution in [0.2, 0.25) is 0 Å². The molecule has 0 unspecified atom stereocenters. The highest BCUT2D eigenvalue weighted by atomic mass is 31.2. The van der Waals surface area contributed by atoms with E-state index in [0.29, 0.717) is 13.0 Å². The van der Waals surface area contributed by atoms with Gasteiger partial charge in [-0.25, -0.2) is 4.57 Å². The highest BCUT2D eigenvalue weighted by Gasteiger charge is 2.21. The second kappa shape index (κ2) is 51.5. The molecule has 0 bridgehead atoms. The van der Waals surface area contributed by atoms with Gasteiger partial charge in [0.2, 0.25) is 0 Å². The minimum absolute atomic E-state index is 0.0868. The maximum Gasteiger partial charge on any atom is 0.469 e. The summed E-state index contributed by atoms with van der Waals surface area (Å²) in [7, 11) is -4.65. The largest absolute Gasteiger partial charge is 0.469 e. The number of phosphoric ester groups is 1. The molecule has 0 aliphatic carbocycles. The van der Waals surface area contributed by atoms with E-state index in [1.165, 1.54) is 263 Å². The Morgan fingerprint density at radius 1 is 0.371 bits per heavy atom. The molecule has 0 aromatic heterocycles. The van der Waals surface area contributed by atoms with Crippen LogP contribution in [0.25, 0.3) is 0 Å². The van der Waals surface area contributed by atoms with E-state index in [1.807, 2.05) is 0 Å². The lowest BCUT2D eigenvalue weighted by Gasteiger charge is -2.18. The molecule has 0 saturated heterocycles. The monoisotopic (exact) mass is 901 g/mol.